The van der Waals surface area contributed by atoms with Crippen LogP contribution in [0.15, 0.2) is 36.4 Å². The van der Waals surface area contributed by atoms with Crippen LogP contribution in [0.5, 0.6) is 5.75 Å². The van der Waals surface area contributed by atoms with E-state index in [4.69, 9.17) is 0 Å². The zero-order valence-electron chi connectivity index (χ0n) is 14.2. The van der Waals surface area contributed by atoms with Crippen LogP contribution in [0.4, 0.5) is 0 Å². The summed E-state index contributed by atoms with van der Waals surface area (Å²) < 4.78 is 0. The van der Waals surface area contributed by atoms with Gasteiger partial charge in [-0.25, -0.2) is 0 Å². The van der Waals surface area contributed by atoms with E-state index in [2.05, 4.69) is 35.3 Å². The molecule has 1 fully saturated rings. The first-order valence-corrected chi connectivity index (χ1v) is 8.45. The van der Waals surface area contributed by atoms with Crippen molar-refractivity contribution in [3.05, 3.63) is 42.0 Å². The first-order chi connectivity index (χ1) is 10.8. The molecule has 5 heteroatoms. The molecule has 1 aliphatic rings. The third kappa shape index (κ3) is 5.00. The fraction of sp³-hybridized carbons (Fsp3) is 0.474. The molecule has 0 aromatic heterocycles. The van der Waals surface area contributed by atoms with E-state index in [-0.39, 0.29) is 24.8 Å². The first kappa shape index (κ1) is 21.0. The second-order valence-electron chi connectivity index (χ2n) is 6.23. The van der Waals surface area contributed by atoms with Gasteiger partial charge in [0, 0.05) is 32.2 Å². The van der Waals surface area contributed by atoms with E-state index in [1.54, 1.807) is 6.07 Å². The van der Waals surface area contributed by atoms with Crippen LogP contribution in [0.3, 0.4) is 0 Å². The molecule has 2 N–H and O–H groups in total. The fourth-order valence-electron chi connectivity index (χ4n) is 3.41. The van der Waals surface area contributed by atoms with Crippen LogP contribution in [0.25, 0.3) is 10.8 Å². The Bertz CT molecular complexity index is 630. The van der Waals surface area contributed by atoms with Crippen LogP contribution in [0.1, 0.15) is 37.8 Å². The van der Waals surface area contributed by atoms with Crippen molar-refractivity contribution >= 4 is 35.6 Å². The SMILES string of the molecule is CCCC[C@H](c1ccc2cc(O)ccc2c1)N1CCNCC1.Cl.Cl. The Kier molecular flexibility index (Phi) is 8.85. The monoisotopic (exact) mass is 370 g/mol. The third-order valence-electron chi connectivity index (χ3n) is 4.66. The molecular formula is C19H28Cl2N2O. The van der Waals surface area contributed by atoms with Crippen molar-refractivity contribution in [3.63, 3.8) is 0 Å². The first-order valence-electron chi connectivity index (χ1n) is 8.45. The van der Waals surface area contributed by atoms with Gasteiger partial charge >= 0.3 is 0 Å². The highest BCUT2D eigenvalue weighted by Crippen LogP contribution is 2.30. The Morgan fingerprint density at radius 2 is 1.71 bits per heavy atom. The minimum Gasteiger partial charge on any atom is -0.508 e. The number of halogens is 2. The van der Waals surface area contributed by atoms with Gasteiger partial charge in [-0.05, 0) is 41.0 Å². The average Bonchev–Trinajstić information content (AvgIpc) is 2.56. The number of rotatable bonds is 5. The van der Waals surface area contributed by atoms with E-state index in [1.165, 1.54) is 30.2 Å². The van der Waals surface area contributed by atoms with Gasteiger partial charge in [0.05, 0.1) is 0 Å². The van der Waals surface area contributed by atoms with Crippen molar-refractivity contribution in [2.45, 2.75) is 32.2 Å². The molecule has 2 aromatic carbocycles. The number of fused-ring (bicyclic) bond motifs is 1. The van der Waals surface area contributed by atoms with Gasteiger partial charge < -0.3 is 10.4 Å². The second-order valence-corrected chi connectivity index (χ2v) is 6.23. The van der Waals surface area contributed by atoms with Gasteiger partial charge in [0.25, 0.3) is 0 Å². The minimum atomic E-state index is 0. The Morgan fingerprint density at radius 1 is 1.04 bits per heavy atom. The Balaban J connectivity index is 0.00000144. The summed E-state index contributed by atoms with van der Waals surface area (Å²) in [5.74, 6) is 0.338. The summed E-state index contributed by atoms with van der Waals surface area (Å²) in [5.41, 5.74) is 1.41. The van der Waals surface area contributed by atoms with Gasteiger partial charge in [0.2, 0.25) is 0 Å². The van der Waals surface area contributed by atoms with E-state index in [0.717, 1.165) is 31.6 Å². The van der Waals surface area contributed by atoms with E-state index < -0.39 is 0 Å². The summed E-state index contributed by atoms with van der Waals surface area (Å²) in [5, 5.41) is 15.4. The highest BCUT2D eigenvalue weighted by Gasteiger charge is 2.21. The molecule has 1 aliphatic heterocycles. The Morgan fingerprint density at radius 3 is 2.42 bits per heavy atom. The number of phenols is 1. The van der Waals surface area contributed by atoms with Crippen LogP contribution >= 0.6 is 24.8 Å². The molecule has 3 rings (SSSR count). The maximum absolute atomic E-state index is 9.61. The molecule has 0 bridgehead atoms. The lowest BCUT2D eigenvalue weighted by Crippen LogP contribution is -2.45. The van der Waals surface area contributed by atoms with Crippen LogP contribution < -0.4 is 5.32 Å². The number of hydrogen-bond donors (Lipinski definition) is 2. The van der Waals surface area contributed by atoms with Gasteiger partial charge in [-0.2, -0.15) is 0 Å². The molecule has 1 atom stereocenters. The number of nitrogens with one attached hydrogen (secondary N) is 1. The zero-order chi connectivity index (χ0) is 15.4. The summed E-state index contributed by atoms with van der Waals surface area (Å²) >= 11 is 0. The highest BCUT2D eigenvalue weighted by molar-refractivity contribution is 5.86. The molecule has 0 spiro atoms. The summed E-state index contributed by atoms with van der Waals surface area (Å²) in [4.78, 5) is 2.62. The topological polar surface area (TPSA) is 35.5 Å². The van der Waals surface area contributed by atoms with Crippen molar-refractivity contribution in [1.82, 2.24) is 10.2 Å². The standard InChI is InChI=1S/C19H26N2O.2ClH/c1-2-3-4-19(21-11-9-20-10-12-21)17-6-5-16-14-18(22)8-7-15(16)13-17;;/h5-8,13-14,19-20,22H,2-4,9-12H2,1H3;2*1H/t19-;;/m1../s1. The minimum absolute atomic E-state index is 0. The summed E-state index contributed by atoms with van der Waals surface area (Å²) in [6, 6.07) is 12.8. The predicted molar refractivity (Wildman–Crippen MR) is 107 cm³/mol. The molecule has 0 aliphatic carbocycles. The molecule has 0 radical (unpaired) electrons. The largest absolute Gasteiger partial charge is 0.508 e. The molecule has 1 heterocycles. The molecule has 1 saturated heterocycles. The fourth-order valence-corrected chi connectivity index (χ4v) is 3.41. The molecule has 3 nitrogen and oxygen atoms in total. The molecular weight excluding hydrogens is 343 g/mol. The van der Waals surface area contributed by atoms with Gasteiger partial charge in [-0.1, -0.05) is 38.0 Å². The van der Waals surface area contributed by atoms with Crippen molar-refractivity contribution < 1.29 is 5.11 Å². The third-order valence-corrected chi connectivity index (χ3v) is 4.66. The van der Waals surface area contributed by atoms with E-state index >= 15 is 0 Å². The molecule has 0 saturated carbocycles. The molecule has 0 unspecified atom stereocenters. The number of nitrogens with zero attached hydrogens (tertiary/aromatic N) is 1. The van der Waals surface area contributed by atoms with Crippen molar-refractivity contribution in [2.24, 2.45) is 0 Å². The molecule has 134 valence electrons. The lowest BCUT2D eigenvalue weighted by atomic mass is 9.96. The van der Waals surface area contributed by atoms with E-state index in [0.29, 0.717) is 11.8 Å². The number of phenolic OH excluding ortho intramolecular Hbond substituents is 1. The van der Waals surface area contributed by atoms with Crippen molar-refractivity contribution in [1.29, 1.82) is 0 Å². The smallest absolute Gasteiger partial charge is 0.116 e. The maximum Gasteiger partial charge on any atom is 0.116 e. The van der Waals surface area contributed by atoms with Gasteiger partial charge in [-0.3, -0.25) is 4.90 Å². The normalized spacial score (nSPS) is 16.2. The van der Waals surface area contributed by atoms with Crippen LogP contribution in [0.2, 0.25) is 0 Å². The van der Waals surface area contributed by atoms with Crippen LogP contribution in [-0.4, -0.2) is 36.2 Å². The predicted octanol–water partition coefficient (Wildman–Crippen LogP) is 4.53. The zero-order valence-corrected chi connectivity index (χ0v) is 15.8. The van der Waals surface area contributed by atoms with Crippen LogP contribution in [-0.2, 0) is 0 Å². The second kappa shape index (κ2) is 10.1. The highest BCUT2D eigenvalue weighted by atomic mass is 35.5. The summed E-state index contributed by atoms with van der Waals surface area (Å²) in [7, 11) is 0. The summed E-state index contributed by atoms with van der Waals surface area (Å²) in [6.45, 7) is 6.69. The lowest BCUT2D eigenvalue weighted by Gasteiger charge is -2.35. The number of unbranched alkanes of at least 4 members (excludes halogenated alkanes) is 1. The molecule has 0 amide bonds. The lowest BCUT2D eigenvalue weighted by molar-refractivity contribution is 0.163. The van der Waals surface area contributed by atoms with Gasteiger partial charge in [0.15, 0.2) is 0 Å². The quantitative estimate of drug-likeness (QED) is 0.811. The number of piperazine rings is 1. The van der Waals surface area contributed by atoms with E-state index in [9.17, 15) is 5.11 Å². The van der Waals surface area contributed by atoms with Crippen molar-refractivity contribution in [3.8, 4) is 5.75 Å². The summed E-state index contributed by atoms with van der Waals surface area (Å²) in [6.07, 6.45) is 3.73. The van der Waals surface area contributed by atoms with E-state index in [1.807, 2.05) is 12.1 Å². The Hall–Kier alpha value is -1.000. The van der Waals surface area contributed by atoms with Gasteiger partial charge in [0.1, 0.15) is 5.75 Å². The molecule has 24 heavy (non-hydrogen) atoms. The Labute approximate surface area is 157 Å². The number of benzene rings is 2. The van der Waals surface area contributed by atoms with Gasteiger partial charge in [-0.15, -0.1) is 24.8 Å². The maximum atomic E-state index is 9.61. The van der Waals surface area contributed by atoms with Crippen molar-refractivity contribution in [2.75, 3.05) is 26.2 Å². The number of aromatic hydroxyl groups is 1. The molecule has 2 aromatic rings. The van der Waals surface area contributed by atoms with Crippen LogP contribution in [0, 0.1) is 0 Å². The number of hydrogen-bond acceptors (Lipinski definition) is 3. The average molecular weight is 371 g/mol.